The third-order valence-electron chi connectivity index (χ3n) is 4.77. The molecule has 0 saturated heterocycles. The topological polar surface area (TPSA) is 45.3 Å². The minimum absolute atomic E-state index is 0.114. The molecule has 0 atom stereocenters. The van der Waals surface area contributed by atoms with Crippen molar-refractivity contribution in [1.82, 2.24) is 9.88 Å². The molecular formula is C20H20N2O2. The van der Waals surface area contributed by atoms with Crippen LogP contribution < -0.4 is 4.74 Å². The molecule has 2 aromatic carbocycles. The molecule has 1 aliphatic heterocycles. The summed E-state index contributed by atoms with van der Waals surface area (Å²) in [7, 11) is 1.69. The Morgan fingerprint density at radius 2 is 1.88 bits per heavy atom. The number of H-pyrrole nitrogens is 1. The summed E-state index contributed by atoms with van der Waals surface area (Å²) >= 11 is 0. The van der Waals surface area contributed by atoms with E-state index in [1.165, 1.54) is 16.6 Å². The van der Waals surface area contributed by atoms with Crippen LogP contribution in [0.2, 0.25) is 0 Å². The Morgan fingerprint density at radius 1 is 1.08 bits per heavy atom. The zero-order valence-electron chi connectivity index (χ0n) is 13.7. The lowest BCUT2D eigenvalue weighted by Gasteiger charge is -2.20. The van der Waals surface area contributed by atoms with Gasteiger partial charge in [0.25, 0.3) is 5.91 Å². The molecule has 1 amide bonds. The standard InChI is InChI=1S/C20H20N2O2/c1-24-15-7-8-18-17(13-15)16-9-11-22(12-10-19(16)21-18)20(23)14-5-3-2-4-6-14/h2-8,13,21H,9-12H2,1H3. The Hall–Kier alpha value is -2.75. The second-order valence-corrected chi connectivity index (χ2v) is 6.15. The van der Waals surface area contributed by atoms with Gasteiger partial charge in [0.1, 0.15) is 5.75 Å². The molecule has 4 nitrogen and oxygen atoms in total. The third kappa shape index (κ3) is 2.54. The maximum atomic E-state index is 12.7. The highest BCUT2D eigenvalue weighted by Crippen LogP contribution is 2.29. The molecule has 0 radical (unpaired) electrons. The van der Waals surface area contributed by atoms with Gasteiger partial charge in [-0.3, -0.25) is 4.79 Å². The average Bonchev–Trinajstić information content (AvgIpc) is 2.84. The summed E-state index contributed by atoms with van der Waals surface area (Å²) in [5, 5.41) is 1.21. The number of hydrogen-bond acceptors (Lipinski definition) is 2. The molecule has 0 saturated carbocycles. The summed E-state index contributed by atoms with van der Waals surface area (Å²) in [6, 6.07) is 15.6. The number of ether oxygens (including phenoxy) is 1. The Kier molecular flexibility index (Phi) is 3.73. The molecule has 1 N–H and O–H groups in total. The number of benzene rings is 2. The first kappa shape index (κ1) is 14.8. The monoisotopic (exact) mass is 320 g/mol. The van der Waals surface area contributed by atoms with E-state index in [4.69, 9.17) is 4.74 Å². The van der Waals surface area contributed by atoms with Crippen LogP contribution in [0.15, 0.2) is 48.5 Å². The number of amides is 1. The van der Waals surface area contributed by atoms with Crippen molar-refractivity contribution in [2.75, 3.05) is 20.2 Å². The molecule has 0 unspecified atom stereocenters. The molecule has 4 heteroatoms. The highest BCUT2D eigenvalue weighted by Gasteiger charge is 2.22. The van der Waals surface area contributed by atoms with Gasteiger partial charge in [-0.05, 0) is 42.3 Å². The van der Waals surface area contributed by atoms with Crippen LogP contribution in [0, 0.1) is 0 Å². The van der Waals surface area contributed by atoms with Gasteiger partial charge < -0.3 is 14.6 Å². The fourth-order valence-corrected chi connectivity index (χ4v) is 3.48. The second-order valence-electron chi connectivity index (χ2n) is 6.15. The first-order valence-corrected chi connectivity index (χ1v) is 8.28. The molecule has 122 valence electrons. The number of carbonyl (C=O) groups excluding carboxylic acids is 1. The van der Waals surface area contributed by atoms with E-state index in [2.05, 4.69) is 17.1 Å². The number of aromatic amines is 1. The van der Waals surface area contributed by atoms with Crippen molar-refractivity contribution >= 4 is 16.8 Å². The number of aromatic nitrogens is 1. The van der Waals surface area contributed by atoms with Gasteiger partial charge in [0.15, 0.2) is 0 Å². The zero-order chi connectivity index (χ0) is 16.5. The van der Waals surface area contributed by atoms with E-state index in [0.29, 0.717) is 0 Å². The summed E-state index contributed by atoms with van der Waals surface area (Å²) < 4.78 is 5.35. The third-order valence-corrected chi connectivity index (χ3v) is 4.77. The lowest BCUT2D eigenvalue weighted by molar-refractivity contribution is 0.0763. The molecule has 1 aliphatic rings. The predicted molar refractivity (Wildman–Crippen MR) is 94.6 cm³/mol. The van der Waals surface area contributed by atoms with Crippen LogP contribution in [0.1, 0.15) is 21.6 Å². The molecule has 0 fully saturated rings. The molecule has 2 heterocycles. The van der Waals surface area contributed by atoms with Crippen LogP contribution >= 0.6 is 0 Å². The SMILES string of the molecule is COc1ccc2[nH]c3c(c2c1)CCN(C(=O)c1ccccc1)CC3. The number of nitrogens with zero attached hydrogens (tertiary/aromatic N) is 1. The largest absolute Gasteiger partial charge is 0.497 e. The van der Waals surface area contributed by atoms with Crippen molar-refractivity contribution in [3.05, 3.63) is 65.4 Å². The van der Waals surface area contributed by atoms with E-state index in [-0.39, 0.29) is 5.91 Å². The van der Waals surface area contributed by atoms with Crippen molar-refractivity contribution in [3.63, 3.8) is 0 Å². The van der Waals surface area contributed by atoms with E-state index in [1.54, 1.807) is 7.11 Å². The second kappa shape index (κ2) is 6.04. The van der Waals surface area contributed by atoms with Crippen molar-refractivity contribution in [2.45, 2.75) is 12.8 Å². The van der Waals surface area contributed by atoms with E-state index in [0.717, 1.165) is 42.8 Å². The van der Waals surface area contributed by atoms with E-state index in [9.17, 15) is 4.79 Å². The first-order valence-electron chi connectivity index (χ1n) is 8.28. The number of nitrogens with one attached hydrogen (secondary N) is 1. The van der Waals surface area contributed by atoms with Gasteiger partial charge in [-0.25, -0.2) is 0 Å². The normalized spacial score (nSPS) is 14.3. The van der Waals surface area contributed by atoms with Crippen LogP contribution in [0.4, 0.5) is 0 Å². The summed E-state index contributed by atoms with van der Waals surface area (Å²) in [4.78, 5) is 18.2. The lowest BCUT2D eigenvalue weighted by Crippen LogP contribution is -2.33. The predicted octanol–water partition coefficient (Wildman–Crippen LogP) is 3.42. The maximum absolute atomic E-state index is 12.7. The number of hydrogen-bond donors (Lipinski definition) is 1. The summed E-state index contributed by atoms with van der Waals surface area (Å²) in [5.74, 6) is 0.980. The summed E-state index contributed by atoms with van der Waals surface area (Å²) in [5.41, 5.74) is 4.45. The first-order chi connectivity index (χ1) is 11.8. The van der Waals surface area contributed by atoms with Crippen LogP contribution in [0.3, 0.4) is 0 Å². The fraction of sp³-hybridized carbons (Fsp3) is 0.250. The quantitative estimate of drug-likeness (QED) is 0.786. The maximum Gasteiger partial charge on any atom is 0.253 e. The van der Waals surface area contributed by atoms with Crippen LogP contribution in [-0.2, 0) is 12.8 Å². The van der Waals surface area contributed by atoms with Gasteiger partial charge in [-0.15, -0.1) is 0 Å². The highest BCUT2D eigenvalue weighted by molar-refractivity contribution is 5.94. The lowest BCUT2D eigenvalue weighted by atomic mass is 10.1. The van der Waals surface area contributed by atoms with Crippen molar-refractivity contribution < 1.29 is 9.53 Å². The molecule has 24 heavy (non-hydrogen) atoms. The number of carbonyl (C=O) groups is 1. The molecule has 0 spiro atoms. The number of rotatable bonds is 2. The molecule has 1 aromatic heterocycles. The van der Waals surface area contributed by atoms with Crippen LogP contribution in [0.5, 0.6) is 5.75 Å². The van der Waals surface area contributed by atoms with Crippen LogP contribution in [0.25, 0.3) is 10.9 Å². The van der Waals surface area contributed by atoms with Crippen molar-refractivity contribution in [2.24, 2.45) is 0 Å². The molecule has 4 rings (SSSR count). The van der Waals surface area contributed by atoms with Crippen molar-refractivity contribution in [1.29, 1.82) is 0 Å². The average molecular weight is 320 g/mol. The fourth-order valence-electron chi connectivity index (χ4n) is 3.48. The molecule has 0 bridgehead atoms. The van der Waals surface area contributed by atoms with Gasteiger partial charge in [-0.1, -0.05) is 18.2 Å². The van der Waals surface area contributed by atoms with Gasteiger partial charge in [0.05, 0.1) is 7.11 Å². The Morgan fingerprint density at radius 3 is 2.67 bits per heavy atom. The minimum atomic E-state index is 0.114. The number of fused-ring (bicyclic) bond motifs is 3. The van der Waals surface area contributed by atoms with Gasteiger partial charge in [0, 0.05) is 41.7 Å². The summed E-state index contributed by atoms with van der Waals surface area (Å²) in [6.45, 7) is 1.48. The zero-order valence-corrected chi connectivity index (χ0v) is 13.7. The smallest absolute Gasteiger partial charge is 0.253 e. The van der Waals surface area contributed by atoms with Crippen molar-refractivity contribution in [3.8, 4) is 5.75 Å². The summed E-state index contributed by atoms with van der Waals surface area (Å²) in [6.07, 6.45) is 1.71. The Labute approximate surface area is 141 Å². The Balaban J connectivity index is 1.61. The number of methoxy groups -OCH3 is 1. The minimum Gasteiger partial charge on any atom is -0.497 e. The molecule has 0 aliphatic carbocycles. The van der Waals surface area contributed by atoms with E-state index < -0.39 is 0 Å². The van der Waals surface area contributed by atoms with Crippen LogP contribution in [-0.4, -0.2) is 36.0 Å². The van der Waals surface area contributed by atoms with E-state index in [1.807, 2.05) is 41.3 Å². The highest BCUT2D eigenvalue weighted by atomic mass is 16.5. The Bertz CT molecular complexity index is 883. The van der Waals surface area contributed by atoms with E-state index >= 15 is 0 Å². The van der Waals surface area contributed by atoms with Gasteiger partial charge >= 0.3 is 0 Å². The molecule has 3 aromatic rings. The van der Waals surface area contributed by atoms with Gasteiger partial charge in [0.2, 0.25) is 0 Å². The van der Waals surface area contributed by atoms with Gasteiger partial charge in [-0.2, -0.15) is 0 Å². The molecular weight excluding hydrogens is 300 g/mol.